The van der Waals surface area contributed by atoms with Crippen molar-refractivity contribution < 1.29 is 14.4 Å². The summed E-state index contributed by atoms with van der Waals surface area (Å²) in [6, 6.07) is 14.3. The van der Waals surface area contributed by atoms with Gasteiger partial charge in [0.15, 0.2) is 0 Å². The zero-order valence-electron chi connectivity index (χ0n) is 14.1. The van der Waals surface area contributed by atoms with Crippen LogP contribution < -0.4 is 0 Å². The fourth-order valence-electron chi connectivity index (χ4n) is 2.68. The summed E-state index contributed by atoms with van der Waals surface area (Å²) in [6.07, 6.45) is 0. The largest absolute Gasteiger partial charge is 0.301 e. The summed E-state index contributed by atoms with van der Waals surface area (Å²) >= 11 is 1.07. The van der Waals surface area contributed by atoms with Crippen molar-refractivity contribution in [2.24, 2.45) is 0 Å². The summed E-state index contributed by atoms with van der Waals surface area (Å²) in [5.41, 5.74) is 2.61. The van der Waals surface area contributed by atoms with Crippen LogP contribution in [-0.4, -0.2) is 32.8 Å². The molecule has 0 radical (unpaired) electrons. The Balaban J connectivity index is 1.95. The predicted octanol–water partition coefficient (Wildman–Crippen LogP) is 3.88. The molecular formula is C19H18N2O3S. The average molecular weight is 354 g/mol. The normalized spacial score (nSPS) is 13.1. The Kier molecular flexibility index (Phi) is 4.90. The van der Waals surface area contributed by atoms with Gasteiger partial charge in [-0.15, -0.1) is 0 Å². The summed E-state index contributed by atoms with van der Waals surface area (Å²) in [7, 11) is 0. The maximum absolute atomic E-state index is 12.7. The number of thioether (sulfide) groups is 1. The van der Waals surface area contributed by atoms with Crippen molar-refractivity contribution in [3.8, 4) is 0 Å². The van der Waals surface area contributed by atoms with Crippen molar-refractivity contribution in [1.82, 2.24) is 10.0 Å². The lowest BCUT2D eigenvalue weighted by molar-refractivity contribution is 0.0204. The van der Waals surface area contributed by atoms with Crippen LogP contribution in [0.25, 0.3) is 0 Å². The van der Waals surface area contributed by atoms with E-state index in [9.17, 15) is 14.4 Å². The highest BCUT2D eigenvalue weighted by Gasteiger charge is 2.41. The quantitative estimate of drug-likeness (QED) is 0.782. The van der Waals surface area contributed by atoms with E-state index in [2.05, 4.69) is 0 Å². The van der Waals surface area contributed by atoms with Crippen LogP contribution in [0.2, 0.25) is 0 Å². The first-order valence-electron chi connectivity index (χ1n) is 8.00. The third kappa shape index (κ3) is 3.30. The van der Waals surface area contributed by atoms with Gasteiger partial charge in [0.1, 0.15) is 0 Å². The number of hydrazine groups is 1. The second-order valence-corrected chi connectivity index (χ2v) is 6.93. The maximum Gasteiger partial charge on any atom is 0.301 e. The van der Waals surface area contributed by atoms with E-state index in [0.717, 1.165) is 27.9 Å². The molecule has 0 saturated heterocycles. The minimum Gasteiger partial charge on any atom is -0.267 e. The molecule has 0 saturated carbocycles. The van der Waals surface area contributed by atoms with E-state index in [-0.39, 0.29) is 11.8 Å². The zero-order valence-corrected chi connectivity index (χ0v) is 14.9. The lowest BCUT2D eigenvalue weighted by Crippen LogP contribution is -2.47. The average Bonchev–Trinajstić information content (AvgIpc) is 2.86. The van der Waals surface area contributed by atoms with Gasteiger partial charge in [0, 0.05) is 0 Å². The summed E-state index contributed by atoms with van der Waals surface area (Å²) in [5, 5.41) is 1.89. The second kappa shape index (κ2) is 7.11. The van der Waals surface area contributed by atoms with Gasteiger partial charge in [-0.1, -0.05) is 60.6 Å². The highest BCUT2D eigenvalue weighted by atomic mass is 32.2. The molecule has 0 aliphatic carbocycles. The van der Waals surface area contributed by atoms with Crippen molar-refractivity contribution in [1.29, 1.82) is 0 Å². The van der Waals surface area contributed by atoms with Crippen molar-refractivity contribution in [2.45, 2.75) is 20.4 Å². The lowest BCUT2D eigenvalue weighted by Gasteiger charge is -2.29. The van der Waals surface area contributed by atoms with Gasteiger partial charge in [-0.05, 0) is 30.4 Å². The van der Waals surface area contributed by atoms with Gasteiger partial charge in [-0.3, -0.25) is 14.4 Å². The molecule has 0 spiro atoms. The summed E-state index contributed by atoms with van der Waals surface area (Å²) < 4.78 is 0. The zero-order chi connectivity index (χ0) is 18.0. The molecule has 1 aliphatic rings. The second-order valence-electron chi connectivity index (χ2n) is 5.71. The molecule has 128 valence electrons. The number of aryl methyl sites for hydroxylation is 1. The fourth-order valence-corrected chi connectivity index (χ4v) is 3.22. The Hall–Kier alpha value is -2.60. The standard InChI is InChI=1S/C19H18N2O3S/c1-3-25-19(24)20(12-14-10-8-13(2)9-11-14)21-17(22)15-6-4-5-7-16(15)18(21)23/h4-11H,3,12H2,1-2H3. The number of hydrogen-bond donors (Lipinski definition) is 0. The summed E-state index contributed by atoms with van der Waals surface area (Å²) in [4.78, 5) is 38.0. The molecule has 2 aromatic rings. The number of carbonyl (C=O) groups excluding carboxylic acids is 3. The first kappa shape index (κ1) is 17.2. The third-order valence-corrected chi connectivity index (χ3v) is 4.69. The first-order chi connectivity index (χ1) is 12.0. The Bertz CT molecular complexity index is 798. The molecule has 6 heteroatoms. The third-order valence-electron chi connectivity index (χ3n) is 3.95. The highest BCUT2D eigenvalue weighted by Crippen LogP contribution is 2.27. The number of amides is 3. The molecule has 3 amide bonds. The van der Waals surface area contributed by atoms with Gasteiger partial charge in [-0.25, -0.2) is 5.01 Å². The molecule has 0 bridgehead atoms. The molecular weight excluding hydrogens is 336 g/mol. The van der Waals surface area contributed by atoms with Gasteiger partial charge in [0.05, 0.1) is 17.7 Å². The Labute approximate surface area is 150 Å². The van der Waals surface area contributed by atoms with Crippen LogP contribution >= 0.6 is 11.8 Å². The van der Waals surface area contributed by atoms with Crippen LogP contribution in [0.1, 0.15) is 38.8 Å². The Morgan fingerprint density at radius 2 is 1.56 bits per heavy atom. The molecule has 3 rings (SSSR count). The highest BCUT2D eigenvalue weighted by molar-refractivity contribution is 8.13. The minimum absolute atomic E-state index is 0.164. The van der Waals surface area contributed by atoms with Gasteiger partial charge in [0.2, 0.25) is 0 Å². The minimum atomic E-state index is -0.460. The summed E-state index contributed by atoms with van der Waals surface area (Å²) in [5.74, 6) is -0.359. The molecule has 0 atom stereocenters. The molecule has 2 aromatic carbocycles. The molecule has 0 N–H and O–H groups in total. The number of nitrogens with zero attached hydrogens (tertiary/aromatic N) is 2. The van der Waals surface area contributed by atoms with Crippen LogP contribution in [0.3, 0.4) is 0 Å². The van der Waals surface area contributed by atoms with Crippen LogP contribution in [0.5, 0.6) is 0 Å². The number of hydrogen-bond acceptors (Lipinski definition) is 4. The molecule has 0 fully saturated rings. The molecule has 5 nitrogen and oxygen atoms in total. The first-order valence-corrected chi connectivity index (χ1v) is 8.99. The Morgan fingerprint density at radius 1 is 1.00 bits per heavy atom. The number of imide groups is 1. The van der Waals surface area contributed by atoms with E-state index in [0.29, 0.717) is 16.9 Å². The number of benzene rings is 2. The number of fused-ring (bicyclic) bond motifs is 1. The van der Waals surface area contributed by atoms with E-state index < -0.39 is 11.8 Å². The van der Waals surface area contributed by atoms with Crippen molar-refractivity contribution >= 4 is 28.8 Å². The van der Waals surface area contributed by atoms with Gasteiger partial charge < -0.3 is 0 Å². The maximum atomic E-state index is 12.7. The van der Waals surface area contributed by atoms with E-state index >= 15 is 0 Å². The Morgan fingerprint density at radius 3 is 2.08 bits per heavy atom. The van der Waals surface area contributed by atoms with Crippen LogP contribution in [-0.2, 0) is 6.54 Å². The van der Waals surface area contributed by atoms with E-state index in [4.69, 9.17) is 0 Å². The molecule has 1 aliphatic heterocycles. The van der Waals surface area contributed by atoms with E-state index in [1.165, 1.54) is 5.01 Å². The van der Waals surface area contributed by atoms with Crippen LogP contribution in [0.4, 0.5) is 4.79 Å². The van der Waals surface area contributed by atoms with Crippen LogP contribution in [0, 0.1) is 6.92 Å². The number of carbonyl (C=O) groups is 3. The molecule has 0 unspecified atom stereocenters. The molecule has 25 heavy (non-hydrogen) atoms. The van der Waals surface area contributed by atoms with Crippen molar-refractivity contribution in [2.75, 3.05) is 5.75 Å². The SMILES string of the molecule is CCSC(=O)N(Cc1ccc(C)cc1)N1C(=O)c2ccccc2C1=O. The monoisotopic (exact) mass is 354 g/mol. The van der Waals surface area contributed by atoms with Crippen molar-refractivity contribution in [3.05, 3.63) is 70.8 Å². The smallest absolute Gasteiger partial charge is 0.267 e. The topological polar surface area (TPSA) is 57.7 Å². The van der Waals surface area contributed by atoms with E-state index in [1.807, 2.05) is 38.1 Å². The molecule has 1 heterocycles. The van der Waals surface area contributed by atoms with E-state index in [1.54, 1.807) is 24.3 Å². The van der Waals surface area contributed by atoms with Gasteiger partial charge >= 0.3 is 5.24 Å². The van der Waals surface area contributed by atoms with Gasteiger partial charge in [-0.2, -0.15) is 5.01 Å². The lowest BCUT2D eigenvalue weighted by atomic mass is 10.1. The van der Waals surface area contributed by atoms with Crippen molar-refractivity contribution in [3.63, 3.8) is 0 Å². The number of rotatable bonds is 4. The summed E-state index contributed by atoms with van der Waals surface area (Å²) in [6.45, 7) is 4.00. The fraction of sp³-hybridized carbons (Fsp3) is 0.211. The van der Waals surface area contributed by atoms with Crippen LogP contribution in [0.15, 0.2) is 48.5 Å². The van der Waals surface area contributed by atoms with Gasteiger partial charge in [0.25, 0.3) is 11.8 Å². The molecule has 0 aromatic heterocycles. The predicted molar refractivity (Wildman–Crippen MR) is 97.2 cm³/mol.